The van der Waals surface area contributed by atoms with E-state index >= 15 is 0 Å². The molecule has 2 atom stereocenters. The molecule has 0 saturated heterocycles. The number of fused-ring (bicyclic) bond motifs is 1. The molecule has 2 unspecified atom stereocenters. The van der Waals surface area contributed by atoms with Crippen molar-refractivity contribution < 1.29 is 4.52 Å². The Balaban J connectivity index is 1.86. The molecule has 0 fully saturated rings. The third-order valence-corrected chi connectivity index (χ3v) is 3.64. The van der Waals surface area contributed by atoms with Crippen LogP contribution in [0.25, 0.3) is 0 Å². The lowest BCUT2D eigenvalue weighted by molar-refractivity contribution is 0.350. The largest absolute Gasteiger partial charge is 0.338 e. The summed E-state index contributed by atoms with van der Waals surface area (Å²) in [6, 6.07) is 8.19. The van der Waals surface area contributed by atoms with Crippen molar-refractivity contribution in [2.75, 3.05) is 0 Å². The van der Waals surface area contributed by atoms with Gasteiger partial charge >= 0.3 is 0 Å². The van der Waals surface area contributed by atoms with Crippen molar-refractivity contribution >= 4 is 0 Å². The second kappa shape index (κ2) is 4.97. The van der Waals surface area contributed by atoms with Crippen LogP contribution in [0.2, 0.25) is 0 Å². The van der Waals surface area contributed by atoms with Gasteiger partial charge in [0.25, 0.3) is 0 Å². The lowest BCUT2D eigenvalue weighted by Crippen LogP contribution is -2.09. The predicted octanol–water partition coefficient (Wildman–Crippen LogP) is 2.72. The Morgan fingerprint density at radius 3 is 3.16 bits per heavy atom. The lowest BCUT2D eigenvalue weighted by atomic mass is 10.0. The maximum absolute atomic E-state index is 5.94. The van der Waals surface area contributed by atoms with Crippen molar-refractivity contribution in [2.45, 2.75) is 31.2 Å². The molecule has 1 heterocycles. The summed E-state index contributed by atoms with van der Waals surface area (Å²) in [6.07, 6.45) is 4.51. The first-order chi connectivity index (χ1) is 9.29. The number of aromatic nitrogens is 2. The van der Waals surface area contributed by atoms with Gasteiger partial charge in [-0.3, -0.25) is 0 Å². The number of hydrogen-bond donors (Lipinski definition) is 1. The molecule has 1 aromatic heterocycles. The van der Waals surface area contributed by atoms with E-state index in [1.165, 1.54) is 11.1 Å². The average Bonchev–Trinajstić information content (AvgIpc) is 3.05. The summed E-state index contributed by atoms with van der Waals surface area (Å²) < 4.78 is 5.27. The Labute approximate surface area is 112 Å². The van der Waals surface area contributed by atoms with Crippen molar-refractivity contribution in [3.05, 3.63) is 59.8 Å². The van der Waals surface area contributed by atoms with Crippen LogP contribution < -0.4 is 5.73 Å². The number of nitrogens with zero attached hydrogens (tertiary/aromatic N) is 2. The molecule has 2 N–H and O–H groups in total. The van der Waals surface area contributed by atoms with Gasteiger partial charge in [-0.15, -0.1) is 6.58 Å². The number of hydrogen-bond acceptors (Lipinski definition) is 4. The van der Waals surface area contributed by atoms with Gasteiger partial charge < -0.3 is 10.3 Å². The van der Waals surface area contributed by atoms with Gasteiger partial charge in [0.1, 0.15) is 0 Å². The molecule has 1 aliphatic rings. The van der Waals surface area contributed by atoms with Crippen LogP contribution in [0.1, 0.15) is 47.6 Å². The van der Waals surface area contributed by atoms with Gasteiger partial charge in [-0.1, -0.05) is 35.5 Å². The predicted molar refractivity (Wildman–Crippen MR) is 72.6 cm³/mol. The van der Waals surface area contributed by atoms with Gasteiger partial charge in [0.05, 0.1) is 6.04 Å². The fourth-order valence-corrected chi connectivity index (χ4v) is 2.65. The minimum Gasteiger partial charge on any atom is -0.338 e. The van der Waals surface area contributed by atoms with Gasteiger partial charge in [-0.2, -0.15) is 4.98 Å². The SMILES string of the molecule is C=CCC(N)c1nc(C2CCc3ccccc32)no1. The Morgan fingerprint density at radius 1 is 1.47 bits per heavy atom. The van der Waals surface area contributed by atoms with Gasteiger partial charge in [-0.25, -0.2) is 0 Å². The van der Waals surface area contributed by atoms with E-state index in [9.17, 15) is 0 Å². The van der Waals surface area contributed by atoms with Crippen LogP contribution in [0.15, 0.2) is 41.4 Å². The van der Waals surface area contributed by atoms with E-state index in [-0.39, 0.29) is 12.0 Å². The van der Waals surface area contributed by atoms with Crippen LogP contribution >= 0.6 is 0 Å². The summed E-state index contributed by atoms with van der Waals surface area (Å²) in [5.74, 6) is 1.49. The van der Waals surface area contributed by atoms with E-state index < -0.39 is 0 Å². The molecule has 19 heavy (non-hydrogen) atoms. The van der Waals surface area contributed by atoms with Crippen molar-refractivity contribution in [3.8, 4) is 0 Å². The lowest BCUT2D eigenvalue weighted by Gasteiger charge is -2.05. The summed E-state index contributed by atoms with van der Waals surface area (Å²) in [7, 11) is 0. The smallest absolute Gasteiger partial charge is 0.243 e. The molecular weight excluding hydrogens is 238 g/mol. The maximum Gasteiger partial charge on any atom is 0.243 e. The zero-order valence-corrected chi connectivity index (χ0v) is 10.7. The molecule has 1 aliphatic carbocycles. The van der Waals surface area contributed by atoms with Crippen molar-refractivity contribution in [1.82, 2.24) is 10.1 Å². The minimum absolute atomic E-state index is 0.240. The second-order valence-corrected chi connectivity index (χ2v) is 4.91. The van der Waals surface area contributed by atoms with Crippen LogP contribution in [-0.2, 0) is 6.42 Å². The zero-order chi connectivity index (χ0) is 13.2. The van der Waals surface area contributed by atoms with Crippen LogP contribution in [0.3, 0.4) is 0 Å². The molecule has 0 aliphatic heterocycles. The number of aryl methyl sites for hydroxylation is 1. The van der Waals surface area contributed by atoms with Gasteiger partial charge in [-0.05, 0) is 30.4 Å². The highest BCUT2D eigenvalue weighted by atomic mass is 16.5. The third kappa shape index (κ3) is 2.19. The van der Waals surface area contributed by atoms with E-state index in [0.29, 0.717) is 12.3 Å². The first-order valence-corrected chi connectivity index (χ1v) is 6.57. The molecule has 98 valence electrons. The monoisotopic (exact) mass is 255 g/mol. The Bertz CT molecular complexity index is 591. The summed E-state index contributed by atoms with van der Waals surface area (Å²) >= 11 is 0. The number of nitrogens with two attached hydrogens (primary N) is 1. The highest BCUT2D eigenvalue weighted by Crippen LogP contribution is 2.36. The molecule has 2 aromatic rings. The summed E-state index contributed by atoms with van der Waals surface area (Å²) in [4.78, 5) is 4.46. The molecule has 0 radical (unpaired) electrons. The maximum atomic E-state index is 5.94. The van der Waals surface area contributed by atoms with Crippen LogP contribution in [0.5, 0.6) is 0 Å². The van der Waals surface area contributed by atoms with Crippen LogP contribution in [0.4, 0.5) is 0 Å². The highest BCUT2D eigenvalue weighted by Gasteiger charge is 2.28. The standard InChI is InChI=1S/C15H17N3O/c1-2-5-13(16)15-17-14(18-19-15)12-9-8-10-6-3-4-7-11(10)12/h2-4,6-7,12-13H,1,5,8-9,16H2. The number of benzene rings is 1. The molecule has 0 bridgehead atoms. The van der Waals surface area contributed by atoms with Crippen molar-refractivity contribution in [1.29, 1.82) is 0 Å². The van der Waals surface area contributed by atoms with E-state index in [0.717, 1.165) is 18.7 Å². The molecule has 4 nitrogen and oxygen atoms in total. The molecule has 4 heteroatoms. The van der Waals surface area contributed by atoms with Gasteiger partial charge in [0.2, 0.25) is 5.89 Å². The van der Waals surface area contributed by atoms with E-state index in [1.54, 1.807) is 6.08 Å². The number of rotatable bonds is 4. The highest BCUT2D eigenvalue weighted by molar-refractivity contribution is 5.38. The average molecular weight is 255 g/mol. The fourth-order valence-electron chi connectivity index (χ4n) is 2.65. The minimum atomic E-state index is -0.254. The Hall–Kier alpha value is -1.94. The Kier molecular flexibility index (Phi) is 3.17. The molecule has 0 saturated carbocycles. The van der Waals surface area contributed by atoms with Crippen LogP contribution in [0, 0.1) is 0 Å². The molecule has 1 aromatic carbocycles. The van der Waals surface area contributed by atoms with E-state index in [4.69, 9.17) is 10.3 Å². The summed E-state index contributed by atoms with van der Waals surface area (Å²) in [6.45, 7) is 3.67. The summed E-state index contributed by atoms with van der Waals surface area (Å²) in [5, 5.41) is 4.10. The third-order valence-electron chi connectivity index (χ3n) is 3.64. The first-order valence-electron chi connectivity index (χ1n) is 6.57. The van der Waals surface area contributed by atoms with Crippen molar-refractivity contribution in [3.63, 3.8) is 0 Å². The zero-order valence-electron chi connectivity index (χ0n) is 10.7. The van der Waals surface area contributed by atoms with Crippen molar-refractivity contribution in [2.24, 2.45) is 5.73 Å². The van der Waals surface area contributed by atoms with Crippen LogP contribution in [-0.4, -0.2) is 10.1 Å². The van der Waals surface area contributed by atoms with Gasteiger partial charge in [0, 0.05) is 5.92 Å². The molecular formula is C15H17N3O. The fraction of sp³-hybridized carbons (Fsp3) is 0.333. The molecule has 3 rings (SSSR count). The summed E-state index contributed by atoms with van der Waals surface area (Å²) in [5.41, 5.74) is 8.64. The topological polar surface area (TPSA) is 64.9 Å². The quantitative estimate of drug-likeness (QED) is 0.853. The second-order valence-electron chi connectivity index (χ2n) is 4.91. The first kappa shape index (κ1) is 12.1. The van der Waals surface area contributed by atoms with E-state index in [1.807, 2.05) is 0 Å². The van der Waals surface area contributed by atoms with Gasteiger partial charge in [0.15, 0.2) is 5.82 Å². The molecule has 0 spiro atoms. The normalized spacial score (nSPS) is 19.1. The molecule has 0 amide bonds. The van der Waals surface area contributed by atoms with E-state index in [2.05, 4.69) is 41.0 Å². The Morgan fingerprint density at radius 2 is 2.32 bits per heavy atom.